The number of fused-ring (bicyclic) bond motifs is 3. The van der Waals surface area contributed by atoms with E-state index in [9.17, 15) is 8.42 Å². The first-order valence-corrected chi connectivity index (χ1v) is 11.7. The molecule has 0 spiro atoms. The van der Waals surface area contributed by atoms with Crippen molar-refractivity contribution >= 4 is 21.4 Å². The number of allylic oxidation sites excluding steroid dienone is 2. The van der Waals surface area contributed by atoms with Crippen molar-refractivity contribution in [3.05, 3.63) is 102 Å². The van der Waals surface area contributed by atoms with Crippen LogP contribution in [0.5, 0.6) is 0 Å². The molecule has 5 rings (SSSR count). The maximum atomic E-state index is 13.1. The number of para-hydroxylation sites is 1. The number of hydrogen-bond donors (Lipinski definition) is 2. The van der Waals surface area contributed by atoms with Crippen molar-refractivity contribution in [2.24, 2.45) is 5.92 Å². The second kappa shape index (κ2) is 7.33. The van der Waals surface area contributed by atoms with Crippen LogP contribution in [0.3, 0.4) is 0 Å². The fourth-order valence-corrected chi connectivity index (χ4v) is 5.79. The van der Waals surface area contributed by atoms with E-state index in [1.165, 1.54) is 5.56 Å². The summed E-state index contributed by atoms with van der Waals surface area (Å²) in [5.41, 5.74) is 4.82. The average Bonchev–Trinajstić information content (AvgIpc) is 3.25. The first-order chi connectivity index (χ1) is 14.5. The molecule has 2 aliphatic rings. The highest BCUT2D eigenvalue weighted by atomic mass is 32.2. The molecule has 1 aliphatic heterocycles. The van der Waals surface area contributed by atoms with Gasteiger partial charge in [-0.1, -0.05) is 60.7 Å². The van der Waals surface area contributed by atoms with Gasteiger partial charge in [-0.25, -0.2) is 8.42 Å². The predicted octanol–water partition coefficient (Wildman–Crippen LogP) is 5.62. The van der Waals surface area contributed by atoms with Crippen LogP contribution in [0.4, 0.5) is 11.4 Å². The zero-order valence-electron chi connectivity index (χ0n) is 16.7. The number of rotatable bonds is 4. The molecule has 3 atom stereocenters. The minimum Gasteiger partial charge on any atom is -0.378 e. The summed E-state index contributed by atoms with van der Waals surface area (Å²) in [6, 6.07) is 23.5. The van der Waals surface area contributed by atoms with Crippen molar-refractivity contribution < 1.29 is 8.42 Å². The Morgan fingerprint density at radius 3 is 2.53 bits per heavy atom. The van der Waals surface area contributed by atoms with Crippen LogP contribution < -0.4 is 10.0 Å². The molecular formula is C25H24N2O2S. The molecule has 2 N–H and O–H groups in total. The van der Waals surface area contributed by atoms with Crippen LogP contribution >= 0.6 is 0 Å². The van der Waals surface area contributed by atoms with Crippen LogP contribution in [0.15, 0.2) is 89.8 Å². The Balaban J connectivity index is 1.51. The zero-order valence-corrected chi connectivity index (χ0v) is 17.6. The van der Waals surface area contributed by atoms with Gasteiger partial charge in [-0.3, -0.25) is 4.72 Å². The lowest BCUT2D eigenvalue weighted by molar-refractivity contribution is 0.425. The zero-order chi connectivity index (χ0) is 20.7. The molecule has 0 saturated heterocycles. The Hall–Kier alpha value is -3.05. The third-order valence-electron chi connectivity index (χ3n) is 6.19. The minimum absolute atomic E-state index is 0.208. The smallest absolute Gasteiger partial charge is 0.261 e. The van der Waals surface area contributed by atoms with Crippen LogP contribution in [0, 0.1) is 12.8 Å². The van der Waals surface area contributed by atoms with Crippen molar-refractivity contribution in [1.82, 2.24) is 0 Å². The van der Waals surface area contributed by atoms with Crippen LogP contribution in [-0.2, 0) is 10.0 Å². The van der Waals surface area contributed by atoms with Gasteiger partial charge in [0.25, 0.3) is 10.0 Å². The third kappa shape index (κ3) is 3.29. The normalized spacial score (nSPS) is 22.1. The molecule has 0 aromatic heterocycles. The second-order valence-electron chi connectivity index (χ2n) is 8.06. The second-order valence-corrected chi connectivity index (χ2v) is 9.74. The molecule has 30 heavy (non-hydrogen) atoms. The summed E-state index contributed by atoms with van der Waals surface area (Å²) in [5.74, 6) is 0.585. The molecule has 152 valence electrons. The van der Waals surface area contributed by atoms with E-state index < -0.39 is 10.0 Å². The Labute approximate surface area is 177 Å². The molecule has 0 saturated carbocycles. The van der Waals surface area contributed by atoms with Gasteiger partial charge in [-0.15, -0.1) is 0 Å². The average molecular weight is 417 g/mol. The van der Waals surface area contributed by atoms with E-state index in [0.29, 0.717) is 16.5 Å². The van der Waals surface area contributed by atoms with Crippen molar-refractivity contribution in [2.45, 2.75) is 30.2 Å². The molecule has 5 heteroatoms. The van der Waals surface area contributed by atoms with E-state index in [-0.39, 0.29) is 12.0 Å². The topological polar surface area (TPSA) is 58.2 Å². The molecule has 3 aromatic carbocycles. The van der Waals surface area contributed by atoms with E-state index >= 15 is 0 Å². The number of benzene rings is 3. The summed E-state index contributed by atoms with van der Waals surface area (Å²) >= 11 is 0. The van der Waals surface area contributed by atoms with E-state index in [1.54, 1.807) is 12.1 Å². The fraction of sp³-hybridized carbons (Fsp3) is 0.200. The Bertz CT molecular complexity index is 1220. The summed E-state index contributed by atoms with van der Waals surface area (Å²) in [6.07, 6.45) is 5.43. The predicted molar refractivity (Wildman–Crippen MR) is 121 cm³/mol. The lowest BCUT2D eigenvalue weighted by Gasteiger charge is -2.37. The van der Waals surface area contributed by atoms with Crippen molar-refractivity contribution in [2.75, 3.05) is 10.0 Å². The molecule has 0 radical (unpaired) electrons. The number of nitrogens with one attached hydrogen (secondary N) is 2. The van der Waals surface area contributed by atoms with Gasteiger partial charge in [0.15, 0.2) is 0 Å². The van der Waals surface area contributed by atoms with Crippen LogP contribution in [0.2, 0.25) is 0 Å². The lowest BCUT2D eigenvalue weighted by Crippen LogP contribution is -2.29. The van der Waals surface area contributed by atoms with E-state index in [0.717, 1.165) is 23.2 Å². The molecule has 1 heterocycles. The maximum absolute atomic E-state index is 13.1. The van der Waals surface area contributed by atoms with Crippen molar-refractivity contribution in [3.63, 3.8) is 0 Å². The van der Waals surface area contributed by atoms with Gasteiger partial charge in [-0.05, 0) is 60.2 Å². The molecular weight excluding hydrogens is 392 g/mol. The first-order valence-electron chi connectivity index (χ1n) is 10.2. The minimum atomic E-state index is -3.67. The molecule has 4 nitrogen and oxygen atoms in total. The molecule has 0 unspecified atom stereocenters. The highest BCUT2D eigenvalue weighted by molar-refractivity contribution is 7.92. The highest BCUT2D eigenvalue weighted by Crippen LogP contribution is 2.50. The van der Waals surface area contributed by atoms with Crippen LogP contribution in [-0.4, -0.2) is 8.42 Å². The fourth-order valence-electron chi connectivity index (χ4n) is 4.62. The van der Waals surface area contributed by atoms with Gasteiger partial charge >= 0.3 is 0 Å². The molecule has 3 aromatic rings. The monoisotopic (exact) mass is 416 g/mol. The maximum Gasteiger partial charge on any atom is 0.261 e. The summed E-state index contributed by atoms with van der Waals surface area (Å²) in [4.78, 5) is 0.295. The summed E-state index contributed by atoms with van der Waals surface area (Å²) in [5, 5.41) is 3.67. The molecule has 0 bridgehead atoms. The van der Waals surface area contributed by atoms with E-state index in [4.69, 9.17) is 0 Å². The molecule has 1 aliphatic carbocycles. The Kier molecular flexibility index (Phi) is 4.63. The number of hydrogen-bond acceptors (Lipinski definition) is 3. The quantitative estimate of drug-likeness (QED) is 0.543. The van der Waals surface area contributed by atoms with Crippen LogP contribution in [0.1, 0.15) is 35.1 Å². The van der Waals surface area contributed by atoms with Gasteiger partial charge in [-0.2, -0.15) is 0 Å². The van der Waals surface area contributed by atoms with E-state index in [2.05, 4.69) is 46.5 Å². The van der Waals surface area contributed by atoms with Crippen molar-refractivity contribution in [3.8, 4) is 0 Å². The van der Waals surface area contributed by atoms with Gasteiger partial charge in [0.2, 0.25) is 0 Å². The van der Waals surface area contributed by atoms with Crippen LogP contribution in [0.25, 0.3) is 0 Å². The van der Waals surface area contributed by atoms with Gasteiger partial charge in [0, 0.05) is 11.6 Å². The number of sulfonamides is 1. The number of anilines is 2. The SMILES string of the molecule is Cc1ccccc1NS(=O)(=O)c1ccc2c(c1)[C@H]1C=CC[C@H]1[C@@H](c1ccccc1)N2. The summed E-state index contributed by atoms with van der Waals surface area (Å²) < 4.78 is 28.9. The van der Waals surface area contributed by atoms with Gasteiger partial charge < -0.3 is 5.32 Å². The Morgan fingerprint density at radius 2 is 1.73 bits per heavy atom. The highest BCUT2D eigenvalue weighted by Gasteiger charge is 2.38. The largest absolute Gasteiger partial charge is 0.378 e. The molecule has 0 amide bonds. The lowest BCUT2D eigenvalue weighted by atomic mass is 9.77. The van der Waals surface area contributed by atoms with Crippen molar-refractivity contribution in [1.29, 1.82) is 0 Å². The number of aryl methyl sites for hydroxylation is 1. The standard InChI is InChI=1S/C25H24N2O2S/c1-17-8-5-6-13-23(17)27-30(28,29)19-14-15-24-22(16-19)20-11-7-12-21(20)25(26-24)18-9-3-2-4-10-18/h2-11,13-16,20-21,25-27H,12H2,1H3/t20-,21+,25+/m0/s1. The third-order valence-corrected chi connectivity index (χ3v) is 7.56. The van der Waals surface area contributed by atoms with Gasteiger partial charge in [0.05, 0.1) is 16.6 Å². The van der Waals surface area contributed by atoms with Gasteiger partial charge in [0.1, 0.15) is 0 Å². The first kappa shape index (κ1) is 18.9. The summed E-state index contributed by atoms with van der Waals surface area (Å²) in [7, 11) is -3.67. The molecule has 0 fully saturated rings. The summed E-state index contributed by atoms with van der Waals surface area (Å²) in [6.45, 7) is 1.90. The van der Waals surface area contributed by atoms with E-state index in [1.807, 2.05) is 43.3 Å². The Morgan fingerprint density at radius 1 is 0.967 bits per heavy atom.